The SMILES string of the molecule is [C-]#[N+]c1ccc(OC2CCC(NC(=O)c3ccc(N4CCC(CN5CCN(c6ccc7c(c6)C(=O)N(C6CCC(=O)NC6=O)C7=O)CC5)CC4)nc3)CC2)c2cccnc12. The average Bonchev–Trinajstić information content (AvgIpc) is 3.52. The number of ether oxygens (including phenoxy) is 1. The highest BCUT2D eigenvalue weighted by atomic mass is 16.5. The molecule has 5 amide bonds. The molecule has 1 saturated carbocycles. The third kappa shape index (κ3) is 7.87. The molecule has 0 bridgehead atoms. The second-order valence-electron chi connectivity index (χ2n) is 16.5. The van der Waals surface area contributed by atoms with Gasteiger partial charge >= 0.3 is 0 Å². The third-order valence-corrected chi connectivity index (χ3v) is 12.8. The van der Waals surface area contributed by atoms with E-state index in [2.05, 4.69) is 40.1 Å². The van der Waals surface area contributed by atoms with Crippen LogP contribution in [0.5, 0.6) is 5.75 Å². The highest BCUT2D eigenvalue weighted by molar-refractivity contribution is 6.23. The third-order valence-electron chi connectivity index (χ3n) is 12.8. The molecule has 1 aliphatic carbocycles. The molecule has 4 aliphatic heterocycles. The summed E-state index contributed by atoms with van der Waals surface area (Å²) in [5, 5.41) is 6.29. The van der Waals surface area contributed by atoms with Gasteiger partial charge in [0.05, 0.1) is 34.9 Å². The van der Waals surface area contributed by atoms with Crippen molar-refractivity contribution in [1.29, 1.82) is 0 Å². The van der Waals surface area contributed by atoms with E-state index in [1.165, 1.54) is 0 Å². The van der Waals surface area contributed by atoms with E-state index in [1.54, 1.807) is 30.6 Å². The first-order valence-electron chi connectivity index (χ1n) is 21.0. The Morgan fingerprint density at radius 2 is 1.62 bits per heavy atom. The predicted molar refractivity (Wildman–Crippen MR) is 223 cm³/mol. The van der Waals surface area contributed by atoms with Crippen molar-refractivity contribution in [2.75, 3.05) is 55.6 Å². The number of carbonyl (C=O) groups excluding carboxylic acids is 5. The summed E-state index contributed by atoms with van der Waals surface area (Å²) < 4.78 is 6.37. The summed E-state index contributed by atoms with van der Waals surface area (Å²) in [6.07, 6.45) is 9.01. The van der Waals surface area contributed by atoms with Gasteiger partial charge < -0.3 is 19.9 Å². The molecule has 60 heavy (non-hydrogen) atoms. The Balaban J connectivity index is 0.701. The van der Waals surface area contributed by atoms with Gasteiger partial charge in [0.1, 0.15) is 17.6 Å². The van der Waals surface area contributed by atoms with Crippen LogP contribution >= 0.6 is 0 Å². The Kier molecular flexibility index (Phi) is 10.9. The maximum Gasteiger partial charge on any atom is 0.262 e. The number of rotatable bonds is 9. The number of nitrogens with one attached hydrogen (secondary N) is 2. The van der Waals surface area contributed by atoms with E-state index in [4.69, 9.17) is 11.3 Å². The first-order chi connectivity index (χ1) is 29.2. The maximum absolute atomic E-state index is 13.3. The van der Waals surface area contributed by atoms with Gasteiger partial charge in [-0.05, 0) is 99.4 Å². The molecule has 0 radical (unpaired) electrons. The number of pyridine rings is 2. The summed E-state index contributed by atoms with van der Waals surface area (Å²) in [6, 6.07) is 15.6. The second-order valence-corrected chi connectivity index (χ2v) is 16.5. The minimum atomic E-state index is -0.974. The number of hydrogen-bond donors (Lipinski definition) is 2. The minimum Gasteiger partial charge on any atom is -0.490 e. The maximum atomic E-state index is 13.3. The number of aromatic nitrogens is 2. The van der Waals surface area contributed by atoms with Crippen LogP contribution in [-0.2, 0) is 9.59 Å². The standard InChI is InChI=1S/C45H47N9O6/c1-46-36-11-13-38(34-3-2-18-47-41(34)36)60-32-8-5-30(6-9-32)49-42(56)29-4-14-39(48-26-29)53-19-16-28(17-20-53)27-51-21-23-52(24-22-51)31-7-10-33-35(25-31)45(59)54(44(33)58)37-12-15-40(55)50-43(37)57/h2-4,7,10-11,13-14,18,25-26,28,30,32,37H,5-6,8-9,12,15-17,19-24,27H2,(H,49,56)(H,50,55,57). The molecule has 2 aromatic carbocycles. The number of imide groups is 2. The van der Waals surface area contributed by atoms with Gasteiger partial charge in [0.15, 0.2) is 0 Å². The van der Waals surface area contributed by atoms with Crippen molar-refractivity contribution < 1.29 is 28.7 Å². The fraction of sp³-hybridized carbons (Fsp3) is 0.422. The van der Waals surface area contributed by atoms with Crippen molar-refractivity contribution >= 4 is 57.6 Å². The van der Waals surface area contributed by atoms with E-state index in [1.807, 2.05) is 36.4 Å². The summed E-state index contributed by atoms with van der Waals surface area (Å²) in [7, 11) is 0. The molecular formula is C45H47N9O6. The number of benzene rings is 2. The van der Waals surface area contributed by atoms with Crippen molar-refractivity contribution in [1.82, 2.24) is 30.4 Å². The summed E-state index contributed by atoms with van der Waals surface area (Å²) in [4.78, 5) is 84.4. The first-order valence-corrected chi connectivity index (χ1v) is 21.0. The molecule has 4 aromatic rings. The zero-order chi connectivity index (χ0) is 41.3. The summed E-state index contributed by atoms with van der Waals surface area (Å²) >= 11 is 0. The number of piperazine rings is 1. The Morgan fingerprint density at radius 3 is 2.35 bits per heavy atom. The van der Waals surface area contributed by atoms with Gasteiger partial charge in [0, 0.05) is 81.7 Å². The highest BCUT2D eigenvalue weighted by Crippen LogP contribution is 2.35. The van der Waals surface area contributed by atoms with Crippen LogP contribution in [-0.4, -0.2) is 113 Å². The molecule has 4 fully saturated rings. The molecule has 9 rings (SSSR count). The largest absolute Gasteiger partial charge is 0.490 e. The minimum absolute atomic E-state index is 0.0323. The molecule has 1 atom stereocenters. The smallest absolute Gasteiger partial charge is 0.262 e. The van der Waals surface area contributed by atoms with E-state index in [9.17, 15) is 24.0 Å². The zero-order valence-corrected chi connectivity index (χ0v) is 33.3. The normalized spacial score (nSPS) is 22.7. The second kappa shape index (κ2) is 16.7. The number of piperidine rings is 2. The van der Waals surface area contributed by atoms with Gasteiger partial charge in [-0.1, -0.05) is 6.07 Å². The molecule has 5 aliphatic rings. The van der Waals surface area contributed by atoms with Crippen LogP contribution < -0.4 is 25.2 Å². The van der Waals surface area contributed by atoms with Crippen molar-refractivity contribution in [3.63, 3.8) is 0 Å². The molecule has 3 saturated heterocycles. The lowest BCUT2D eigenvalue weighted by molar-refractivity contribution is -0.136. The van der Waals surface area contributed by atoms with Gasteiger partial charge in [-0.25, -0.2) is 9.83 Å². The van der Waals surface area contributed by atoms with Crippen LogP contribution in [0.15, 0.2) is 67.0 Å². The fourth-order valence-corrected chi connectivity index (χ4v) is 9.36. The Morgan fingerprint density at radius 1 is 0.833 bits per heavy atom. The summed E-state index contributed by atoms with van der Waals surface area (Å²) in [6.45, 7) is 13.6. The molecule has 1 unspecified atom stereocenters. The van der Waals surface area contributed by atoms with Gasteiger partial charge in [-0.2, -0.15) is 0 Å². The topological polar surface area (TPSA) is 162 Å². The number of amides is 5. The van der Waals surface area contributed by atoms with Crippen LogP contribution in [0.25, 0.3) is 15.7 Å². The van der Waals surface area contributed by atoms with Gasteiger partial charge in [0.2, 0.25) is 17.5 Å². The lowest BCUT2D eigenvalue weighted by atomic mass is 9.92. The summed E-state index contributed by atoms with van der Waals surface area (Å²) in [5.74, 6) is 0.107. The number of hydrogen-bond acceptors (Lipinski definition) is 11. The lowest BCUT2D eigenvalue weighted by Crippen LogP contribution is -2.54. The number of anilines is 2. The van der Waals surface area contributed by atoms with Crippen molar-refractivity contribution in [2.24, 2.45) is 5.92 Å². The number of fused-ring (bicyclic) bond motifs is 2. The molecule has 308 valence electrons. The fourth-order valence-electron chi connectivity index (χ4n) is 9.36. The van der Waals surface area contributed by atoms with Crippen LogP contribution in [0.2, 0.25) is 0 Å². The highest BCUT2D eigenvalue weighted by Gasteiger charge is 2.45. The Bertz CT molecular complexity index is 2370. The molecule has 6 heterocycles. The van der Waals surface area contributed by atoms with Gasteiger partial charge in [0.25, 0.3) is 17.7 Å². The lowest BCUT2D eigenvalue weighted by Gasteiger charge is -2.40. The van der Waals surface area contributed by atoms with E-state index >= 15 is 0 Å². The number of nitrogens with zero attached hydrogens (tertiary/aromatic N) is 7. The zero-order valence-electron chi connectivity index (χ0n) is 33.3. The first kappa shape index (κ1) is 39.1. The van der Waals surface area contributed by atoms with Crippen LogP contribution in [0.1, 0.15) is 82.4 Å². The van der Waals surface area contributed by atoms with E-state index in [0.717, 1.165) is 112 Å². The molecule has 0 spiro atoms. The van der Waals surface area contributed by atoms with Gasteiger partial charge in [-0.15, -0.1) is 0 Å². The van der Waals surface area contributed by atoms with Crippen molar-refractivity contribution in [3.8, 4) is 5.75 Å². The van der Waals surface area contributed by atoms with Crippen molar-refractivity contribution in [3.05, 3.63) is 95.1 Å². The number of carbonyl (C=O) groups is 5. The quantitative estimate of drug-likeness (QED) is 0.178. The molecule has 15 nitrogen and oxygen atoms in total. The Hall–Kier alpha value is -6.40. The summed E-state index contributed by atoms with van der Waals surface area (Å²) in [5.41, 5.74) is 3.20. The predicted octanol–water partition coefficient (Wildman–Crippen LogP) is 4.74. The van der Waals surface area contributed by atoms with Crippen LogP contribution in [0, 0.1) is 12.5 Å². The molecule has 2 N–H and O–H groups in total. The van der Waals surface area contributed by atoms with Crippen LogP contribution in [0.3, 0.4) is 0 Å². The Labute approximate surface area is 347 Å². The van der Waals surface area contributed by atoms with Crippen molar-refractivity contribution in [2.45, 2.75) is 69.6 Å². The van der Waals surface area contributed by atoms with E-state index < -0.39 is 29.7 Å². The molecular weight excluding hydrogens is 763 g/mol. The average molecular weight is 810 g/mol. The molecule has 15 heteroatoms. The molecule has 2 aromatic heterocycles. The van der Waals surface area contributed by atoms with E-state index in [0.29, 0.717) is 33.8 Å². The van der Waals surface area contributed by atoms with Gasteiger partial charge in [-0.3, -0.25) is 44.1 Å². The monoisotopic (exact) mass is 809 g/mol. The van der Waals surface area contributed by atoms with Crippen LogP contribution in [0.4, 0.5) is 17.2 Å². The van der Waals surface area contributed by atoms with E-state index in [-0.39, 0.29) is 30.9 Å².